The quantitative estimate of drug-likeness (QED) is 0.716. The number of ether oxygens (including phenoxy) is 2. The molecule has 0 aromatic heterocycles. The number of hydrogen-bond donors (Lipinski definition) is 0. The van der Waals surface area contributed by atoms with Gasteiger partial charge in [-0.25, -0.2) is 5.01 Å². The second-order valence-electron chi connectivity index (χ2n) is 8.06. The first kappa shape index (κ1) is 21.3. The first-order chi connectivity index (χ1) is 15.1. The molecule has 0 radical (unpaired) electrons. The average molecular weight is 423 g/mol. The average Bonchev–Trinajstić information content (AvgIpc) is 3.26. The fourth-order valence-electron chi connectivity index (χ4n) is 4.14. The van der Waals surface area contributed by atoms with Crippen molar-refractivity contribution in [3.05, 3.63) is 59.7 Å². The Bertz CT molecular complexity index is 939. The second-order valence-corrected chi connectivity index (χ2v) is 8.06. The van der Waals surface area contributed by atoms with E-state index in [1.54, 1.807) is 19.2 Å². The van der Waals surface area contributed by atoms with Gasteiger partial charge < -0.3 is 14.4 Å². The smallest absolute Gasteiger partial charge is 0.257 e. The molecule has 0 saturated carbocycles. The van der Waals surface area contributed by atoms with Crippen molar-refractivity contribution in [3.63, 3.8) is 0 Å². The van der Waals surface area contributed by atoms with Crippen molar-refractivity contribution in [1.29, 1.82) is 0 Å². The summed E-state index contributed by atoms with van der Waals surface area (Å²) in [5, 5.41) is 6.48. The first-order valence-electron chi connectivity index (χ1n) is 10.7. The van der Waals surface area contributed by atoms with Crippen LogP contribution in [0.1, 0.15) is 23.6 Å². The number of hydrazone groups is 1. The maximum absolute atomic E-state index is 13.3. The summed E-state index contributed by atoms with van der Waals surface area (Å²) in [6, 6.07) is 15.7. The molecule has 0 spiro atoms. The van der Waals surface area contributed by atoms with Crippen molar-refractivity contribution in [3.8, 4) is 11.5 Å². The summed E-state index contributed by atoms with van der Waals surface area (Å²) in [4.78, 5) is 17.8. The van der Waals surface area contributed by atoms with E-state index in [4.69, 9.17) is 14.6 Å². The number of rotatable bonds is 6. The van der Waals surface area contributed by atoms with Crippen molar-refractivity contribution in [2.75, 3.05) is 54.0 Å². The van der Waals surface area contributed by atoms with Crippen molar-refractivity contribution in [1.82, 2.24) is 14.8 Å². The number of carbonyl (C=O) groups is 1. The number of nitrogens with zero attached hydrogens (tertiary/aromatic N) is 4. The summed E-state index contributed by atoms with van der Waals surface area (Å²) in [6.45, 7) is 4.14. The molecule has 2 heterocycles. The number of carbonyl (C=O) groups excluding carboxylic acids is 1. The third-order valence-electron chi connectivity index (χ3n) is 6.02. The van der Waals surface area contributed by atoms with Gasteiger partial charge in [-0.15, -0.1) is 0 Å². The van der Waals surface area contributed by atoms with Crippen LogP contribution in [-0.2, 0) is 4.79 Å². The highest BCUT2D eigenvalue weighted by molar-refractivity contribution is 6.05. The molecule has 2 aromatic rings. The van der Waals surface area contributed by atoms with E-state index in [1.165, 1.54) is 0 Å². The minimum atomic E-state index is -0.122. The predicted octanol–water partition coefficient (Wildman–Crippen LogP) is 2.63. The van der Waals surface area contributed by atoms with Gasteiger partial charge in [-0.3, -0.25) is 9.69 Å². The molecule has 0 bridgehead atoms. The molecule has 1 atom stereocenters. The standard InChI is InChI=1S/C24H30N4O3/c1-26-11-13-27(14-12-26)17-24(29)28-22(18-7-5-4-6-8-18)16-21(25-28)20-10-9-19(30-2)15-23(20)31-3/h4-10,15,22H,11-14,16-17H2,1-3H3. The number of piperazine rings is 1. The van der Waals surface area contributed by atoms with Gasteiger partial charge in [-0.2, -0.15) is 5.10 Å². The number of hydrogen-bond acceptors (Lipinski definition) is 6. The maximum atomic E-state index is 13.3. The summed E-state index contributed by atoms with van der Waals surface area (Å²) in [6.07, 6.45) is 0.640. The zero-order valence-electron chi connectivity index (χ0n) is 18.5. The van der Waals surface area contributed by atoms with Crippen LogP contribution in [0.5, 0.6) is 11.5 Å². The van der Waals surface area contributed by atoms with Crippen molar-refractivity contribution >= 4 is 11.6 Å². The lowest BCUT2D eigenvalue weighted by Crippen LogP contribution is -2.48. The van der Waals surface area contributed by atoms with Crippen LogP contribution in [-0.4, -0.2) is 80.4 Å². The van der Waals surface area contributed by atoms with Gasteiger partial charge in [0.1, 0.15) is 11.5 Å². The van der Waals surface area contributed by atoms with E-state index >= 15 is 0 Å². The molecule has 2 aliphatic heterocycles. The van der Waals surface area contributed by atoms with Gasteiger partial charge in [-0.1, -0.05) is 30.3 Å². The van der Waals surface area contributed by atoms with Gasteiger partial charge in [0.2, 0.25) is 0 Å². The van der Waals surface area contributed by atoms with Crippen molar-refractivity contribution in [2.24, 2.45) is 5.10 Å². The van der Waals surface area contributed by atoms with E-state index in [1.807, 2.05) is 36.4 Å². The van der Waals surface area contributed by atoms with Crippen LogP contribution in [0.25, 0.3) is 0 Å². The Hall–Kier alpha value is -2.90. The fraction of sp³-hybridized carbons (Fsp3) is 0.417. The van der Waals surface area contributed by atoms with Gasteiger partial charge in [0, 0.05) is 44.2 Å². The second kappa shape index (κ2) is 9.49. The minimum absolute atomic E-state index is 0.0286. The van der Waals surface area contributed by atoms with Gasteiger partial charge in [-0.05, 0) is 24.7 Å². The first-order valence-corrected chi connectivity index (χ1v) is 10.7. The summed E-state index contributed by atoms with van der Waals surface area (Å²) < 4.78 is 10.9. The largest absolute Gasteiger partial charge is 0.497 e. The topological polar surface area (TPSA) is 57.6 Å². The molecule has 164 valence electrons. The maximum Gasteiger partial charge on any atom is 0.257 e. The molecule has 1 saturated heterocycles. The molecule has 1 amide bonds. The van der Waals surface area contributed by atoms with Crippen molar-refractivity contribution in [2.45, 2.75) is 12.5 Å². The lowest BCUT2D eigenvalue weighted by molar-refractivity contribution is -0.134. The van der Waals surface area contributed by atoms with Crippen molar-refractivity contribution < 1.29 is 14.3 Å². The molecular formula is C24H30N4O3. The SMILES string of the molecule is COc1ccc(C2=NN(C(=O)CN3CCN(C)CC3)C(c3ccccc3)C2)c(OC)c1. The van der Waals surface area contributed by atoms with Crippen LogP contribution in [0.4, 0.5) is 0 Å². The Kier molecular flexibility index (Phi) is 6.53. The van der Waals surface area contributed by atoms with E-state index in [0.29, 0.717) is 18.7 Å². The lowest BCUT2D eigenvalue weighted by atomic mass is 9.98. The normalized spacial score (nSPS) is 19.9. The summed E-state index contributed by atoms with van der Waals surface area (Å²) >= 11 is 0. The molecule has 1 unspecified atom stereocenters. The molecular weight excluding hydrogens is 392 g/mol. The third kappa shape index (κ3) is 4.73. The van der Waals surface area contributed by atoms with Crippen LogP contribution < -0.4 is 9.47 Å². The van der Waals surface area contributed by atoms with Gasteiger partial charge in [0.05, 0.1) is 32.5 Å². The predicted molar refractivity (Wildman–Crippen MR) is 121 cm³/mol. The molecule has 4 rings (SSSR count). The number of likely N-dealkylation sites (N-methyl/N-ethyl adjacent to an activating group) is 1. The van der Waals surface area contributed by atoms with E-state index in [-0.39, 0.29) is 11.9 Å². The monoisotopic (exact) mass is 422 g/mol. The Labute approximate surface area is 183 Å². The molecule has 1 fully saturated rings. The molecule has 2 aromatic carbocycles. The van der Waals surface area contributed by atoms with Crippen LogP contribution in [0.15, 0.2) is 53.6 Å². The molecule has 31 heavy (non-hydrogen) atoms. The minimum Gasteiger partial charge on any atom is -0.497 e. The zero-order valence-corrected chi connectivity index (χ0v) is 18.5. The van der Waals surface area contributed by atoms with Gasteiger partial charge >= 0.3 is 0 Å². The van der Waals surface area contributed by atoms with E-state index in [2.05, 4.69) is 29.0 Å². The van der Waals surface area contributed by atoms with Gasteiger partial charge in [0.25, 0.3) is 5.91 Å². The van der Waals surface area contributed by atoms with Gasteiger partial charge in [0.15, 0.2) is 0 Å². The lowest BCUT2D eigenvalue weighted by Gasteiger charge is -2.33. The highest BCUT2D eigenvalue weighted by Crippen LogP contribution is 2.36. The number of methoxy groups -OCH3 is 2. The Morgan fingerprint density at radius 2 is 1.77 bits per heavy atom. The van der Waals surface area contributed by atoms with E-state index < -0.39 is 0 Å². The summed E-state index contributed by atoms with van der Waals surface area (Å²) in [5.41, 5.74) is 2.82. The molecule has 0 aliphatic carbocycles. The Morgan fingerprint density at radius 3 is 2.45 bits per heavy atom. The van der Waals surface area contributed by atoms with Crippen LogP contribution in [0.3, 0.4) is 0 Å². The Morgan fingerprint density at radius 1 is 1.03 bits per heavy atom. The van der Waals surface area contributed by atoms with Crippen LogP contribution in [0.2, 0.25) is 0 Å². The summed E-state index contributed by atoms with van der Waals surface area (Å²) in [7, 11) is 5.38. The third-order valence-corrected chi connectivity index (χ3v) is 6.02. The molecule has 7 nitrogen and oxygen atoms in total. The van der Waals surface area contributed by atoms with Crippen LogP contribution >= 0.6 is 0 Å². The number of amides is 1. The summed E-state index contributed by atoms with van der Waals surface area (Å²) in [5.74, 6) is 1.45. The highest BCUT2D eigenvalue weighted by atomic mass is 16.5. The molecule has 7 heteroatoms. The Balaban J connectivity index is 1.61. The zero-order chi connectivity index (χ0) is 21.8. The van der Waals surface area contributed by atoms with Crippen LogP contribution in [0, 0.1) is 0 Å². The highest BCUT2D eigenvalue weighted by Gasteiger charge is 2.34. The number of benzene rings is 2. The fourth-order valence-corrected chi connectivity index (χ4v) is 4.14. The van der Waals surface area contributed by atoms with E-state index in [9.17, 15) is 4.79 Å². The van der Waals surface area contributed by atoms with E-state index in [0.717, 1.165) is 48.8 Å². The molecule has 0 N–H and O–H groups in total. The molecule has 2 aliphatic rings.